The van der Waals surface area contributed by atoms with Crippen LogP contribution in [0.4, 0.5) is 11.4 Å². The number of piperazine rings is 1. The molecule has 1 aliphatic rings. The molecule has 150 valence electrons. The molecule has 2 aromatic rings. The lowest BCUT2D eigenvalue weighted by Gasteiger charge is -2.34. The van der Waals surface area contributed by atoms with E-state index < -0.39 is 0 Å². The van der Waals surface area contributed by atoms with E-state index in [2.05, 4.69) is 61.1 Å². The summed E-state index contributed by atoms with van der Waals surface area (Å²) in [6, 6.07) is 16.0. The van der Waals surface area contributed by atoms with Crippen molar-refractivity contribution < 1.29 is 9.53 Å². The molecule has 0 radical (unpaired) electrons. The molecule has 0 aromatic heterocycles. The van der Waals surface area contributed by atoms with E-state index in [4.69, 9.17) is 4.74 Å². The molecule has 1 aliphatic heterocycles. The first-order chi connectivity index (χ1) is 13.3. The van der Waals surface area contributed by atoms with Crippen LogP contribution in [0.15, 0.2) is 48.5 Å². The summed E-state index contributed by atoms with van der Waals surface area (Å²) in [6.45, 7) is 10.7. The quantitative estimate of drug-likeness (QED) is 0.857. The van der Waals surface area contributed by atoms with Gasteiger partial charge in [0.1, 0.15) is 5.75 Å². The number of anilines is 2. The second kappa shape index (κ2) is 8.65. The second-order valence-corrected chi connectivity index (χ2v) is 8.45. The van der Waals surface area contributed by atoms with Crippen molar-refractivity contribution in [1.29, 1.82) is 0 Å². The molecule has 5 heteroatoms. The zero-order chi connectivity index (χ0) is 20.1. The van der Waals surface area contributed by atoms with Crippen LogP contribution >= 0.6 is 0 Å². The van der Waals surface area contributed by atoms with Crippen LogP contribution in [0.5, 0.6) is 5.75 Å². The Hall–Kier alpha value is -2.53. The van der Waals surface area contributed by atoms with Crippen LogP contribution in [0.25, 0.3) is 0 Å². The van der Waals surface area contributed by atoms with Gasteiger partial charge in [-0.25, -0.2) is 0 Å². The normalized spacial score (nSPS) is 15.4. The summed E-state index contributed by atoms with van der Waals surface area (Å²) in [5.41, 5.74) is 3.22. The Bertz CT molecular complexity index is 788. The fraction of sp³-hybridized carbons (Fsp3) is 0.435. The molecule has 0 bridgehead atoms. The van der Waals surface area contributed by atoms with E-state index in [-0.39, 0.29) is 17.9 Å². The average Bonchev–Trinajstić information content (AvgIpc) is 2.67. The Kier molecular flexibility index (Phi) is 6.25. The lowest BCUT2D eigenvalue weighted by molar-refractivity contribution is -0.118. The molecule has 1 saturated heterocycles. The second-order valence-electron chi connectivity index (χ2n) is 8.45. The minimum absolute atomic E-state index is 0.00614. The Balaban J connectivity index is 1.51. The number of ether oxygens (including phenoxy) is 1. The zero-order valence-corrected chi connectivity index (χ0v) is 17.4. The number of amides is 1. The minimum Gasteiger partial charge on any atom is -0.484 e. The number of nitrogens with one attached hydrogen (secondary N) is 1. The Morgan fingerprint density at radius 1 is 1.04 bits per heavy atom. The number of carbonyl (C=O) groups excluding carboxylic acids is 1. The number of carbonyl (C=O) groups is 1. The highest BCUT2D eigenvalue weighted by molar-refractivity contribution is 5.92. The maximum absolute atomic E-state index is 12.2. The van der Waals surface area contributed by atoms with E-state index >= 15 is 0 Å². The van der Waals surface area contributed by atoms with Crippen molar-refractivity contribution in [3.63, 3.8) is 0 Å². The Morgan fingerprint density at radius 2 is 1.71 bits per heavy atom. The molecule has 1 heterocycles. The van der Waals surface area contributed by atoms with E-state index in [1.54, 1.807) is 0 Å². The van der Waals surface area contributed by atoms with Crippen LogP contribution in [-0.2, 0) is 10.2 Å². The van der Waals surface area contributed by atoms with Gasteiger partial charge in [-0.15, -0.1) is 0 Å². The number of hydrogen-bond donors (Lipinski definition) is 1. The molecular weight excluding hydrogens is 350 g/mol. The van der Waals surface area contributed by atoms with Gasteiger partial charge in [0, 0.05) is 37.6 Å². The standard InChI is InChI=1S/C23H31N3O2/c1-23(2,3)18-6-5-7-21(16-18)28-17-22(27)24-19-8-10-20(11-9-19)26-14-12-25(4)13-15-26/h5-11,16H,12-15,17H2,1-4H3,(H,24,27). The van der Waals surface area contributed by atoms with Crippen molar-refractivity contribution in [1.82, 2.24) is 4.90 Å². The summed E-state index contributed by atoms with van der Waals surface area (Å²) in [5.74, 6) is 0.557. The maximum Gasteiger partial charge on any atom is 0.262 e. The number of hydrogen-bond acceptors (Lipinski definition) is 4. The topological polar surface area (TPSA) is 44.8 Å². The van der Waals surface area contributed by atoms with Gasteiger partial charge in [-0.05, 0) is 54.4 Å². The van der Waals surface area contributed by atoms with E-state index in [1.807, 2.05) is 30.3 Å². The molecule has 0 unspecified atom stereocenters. The van der Waals surface area contributed by atoms with Gasteiger partial charge in [0.05, 0.1) is 0 Å². The molecular formula is C23H31N3O2. The molecule has 1 amide bonds. The Labute approximate surface area is 168 Å². The van der Waals surface area contributed by atoms with Gasteiger partial charge >= 0.3 is 0 Å². The summed E-state index contributed by atoms with van der Waals surface area (Å²) < 4.78 is 5.68. The van der Waals surface area contributed by atoms with Crippen molar-refractivity contribution in [3.05, 3.63) is 54.1 Å². The third-order valence-electron chi connectivity index (χ3n) is 5.09. The SMILES string of the molecule is CN1CCN(c2ccc(NC(=O)COc3cccc(C(C)(C)C)c3)cc2)CC1. The third-order valence-corrected chi connectivity index (χ3v) is 5.09. The van der Waals surface area contributed by atoms with Crippen LogP contribution in [-0.4, -0.2) is 50.6 Å². The lowest BCUT2D eigenvalue weighted by atomic mass is 9.87. The highest BCUT2D eigenvalue weighted by Crippen LogP contribution is 2.25. The summed E-state index contributed by atoms with van der Waals surface area (Å²) in [5, 5.41) is 2.90. The maximum atomic E-state index is 12.2. The van der Waals surface area contributed by atoms with Crippen molar-refractivity contribution in [3.8, 4) is 5.75 Å². The molecule has 0 aliphatic carbocycles. The Morgan fingerprint density at radius 3 is 2.36 bits per heavy atom. The zero-order valence-electron chi connectivity index (χ0n) is 17.4. The highest BCUT2D eigenvalue weighted by Gasteiger charge is 2.15. The van der Waals surface area contributed by atoms with E-state index in [1.165, 1.54) is 11.3 Å². The first kappa shape index (κ1) is 20.2. The molecule has 0 saturated carbocycles. The summed E-state index contributed by atoms with van der Waals surface area (Å²) in [7, 11) is 2.15. The third kappa shape index (κ3) is 5.49. The molecule has 5 nitrogen and oxygen atoms in total. The van der Waals surface area contributed by atoms with Crippen molar-refractivity contribution in [2.24, 2.45) is 0 Å². The number of benzene rings is 2. The van der Waals surface area contributed by atoms with Crippen LogP contribution in [0, 0.1) is 0 Å². The smallest absolute Gasteiger partial charge is 0.262 e. The van der Waals surface area contributed by atoms with Crippen LogP contribution in [0.3, 0.4) is 0 Å². The highest BCUT2D eigenvalue weighted by atomic mass is 16.5. The van der Waals surface area contributed by atoms with Crippen molar-refractivity contribution >= 4 is 17.3 Å². The molecule has 1 fully saturated rings. The fourth-order valence-corrected chi connectivity index (χ4v) is 3.22. The monoisotopic (exact) mass is 381 g/mol. The minimum atomic E-state index is -0.159. The van der Waals surface area contributed by atoms with Gasteiger partial charge in [-0.2, -0.15) is 0 Å². The fourth-order valence-electron chi connectivity index (χ4n) is 3.22. The van der Waals surface area contributed by atoms with Gasteiger partial charge in [-0.1, -0.05) is 32.9 Å². The number of likely N-dealkylation sites (N-methyl/N-ethyl adjacent to an activating group) is 1. The summed E-state index contributed by atoms with van der Waals surface area (Å²) in [6.07, 6.45) is 0. The van der Waals surface area contributed by atoms with Gasteiger partial charge in [-0.3, -0.25) is 4.79 Å². The lowest BCUT2D eigenvalue weighted by Crippen LogP contribution is -2.44. The van der Waals surface area contributed by atoms with E-state index in [0.29, 0.717) is 5.75 Å². The van der Waals surface area contributed by atoms with Crippen molar-refractivity contribution in [2.75, 3.05) is 50.1 Å². The molecule has 0 atom stereocenters. The van der Waals surface area contributed by atoms with E-state index in [0.717, 1.165) is 31.9 Å². The van der Waals surface area contributed by atoms with Gasteiger partial charge in [0.15, 0.2) is 6.61 Å². The van der Waals surface area contributed by atoms with Gasteiger partial charge < -0.3 is 19.9 Å². The number of nitrogens with zero attached hydrogens (tertiary/aromatic N) is 2. The average molecular weight is 382 g/mol. The molecule has 0 spiro atoms. The largest absolute Gasteiger partial charge is 0.484 e. The van der Waals surface area contributed by atoms with Crippen LogP contribution in [0.1, 0.15) is 26.3 Å². The molecule has 2 aromatic carbocycles. The number of rotatable bonds is 5. The summed E-state index contributed by atoms with van der Waals surface area (Å²) >= 11 is 0. The van der Waals surface area contributed by atoms with Crippen LogP contribution in [0.2, 0.25) is 0 Å². The molecule has 3 rings (SSSR count). The first-order valence-electron chi connectivity index (χ1n) is 9.88. The van der Waals surface area contributed by atoms with Crippen molar-refractivity contribution in [2.45, 2.75) is 26.2 Å². The first-order valence-corrected chi connectivity index (χ1v) is 9.88. The predicted molar refractivity (Wildman–Crippen MR) is 115 cm³/mol. The molecule has 1 N–H and O–H groups in total. The molecule has 28 heavy (non-hydrogen) atoms. The van der Waals surface area contributed by atoms with Crippen LogP contribution < -0.4 is 15.0 Å². The summed E-state index contributed by atoms with van der Waals surface area (Å²) in [4.78, 5) is 16.9. The van der Waals surface area contributed by atoms with Gasteiger partial charge in [0.25, 0.3) is 5.91 Å². The predicted octanol–water partition coefficient (Wildman–Crippen LogP) is 3.75. The van der Waals surface area contributed by atoms with Gasteiger partial charge in [0.2, 0.25) is 0 Å². The van der Waals surface area contributed by atoms with E-state index in [9.17, 15) is 4.79 Å².